The van der Waals surface area contributed by atoms with Crippen molar-refractivity contribution >= 4 is 23.2 Å². The number of hydrogen-bond donors (Lipinski definition) is 2. The van der Waals surface area contributed by atoms with Gasteiger partial charge in [-0.2, -0.15) is 0 Å². The van der Waals surface area contributed by atoms with E-state index in [0.29, 0.717) is 28.5 Å². The Hall–Kier alpha value is -2.30. The Kier molecular flexibility index (Phi) is 2.36. The highest BCUT2D eigenvalue weighted by molar-refractivity contribution is 6.05. The van der Waals surface area contributed by atoms with Crippen molar-refractivity contribution in [1.82, 2.24) is 4.98 Å². The minimum absolute atomic E-state index is 0.158. The van der Waals surface area contributed by atoms with E-state index in [0.717, 1.165) is 0 Å². The third kappa shape index (κ3) is 1.42. The fourth-order valence-corrected chi connectivity index (χ4v) is 1.61. The SMILES string of the molecule is COc1cc2c(C(=O)O)c[nH]c2cc1C=O. The maximum absolute atomic E-state index is 10.9. The minimum Gasteiger partial charge on any atom is -0.496 e. The number of ether oxygens (including phenoxy) is 1. The van der Waals surface area contributed by atoms with Gasteiger partial charge in [0.05, 0.1) is 18.2 Å². The van der Waals surface area contributed by atoms with Gasteiger partial charge in [-0.1, -0.05) is 0 Å². The highest BCUT2D eigenvalue weighted by Gasteiger charge is 2.13. The maximum Gasteiger partial charge on any atom is 0.337 e. The van der Waals surface area contributed by atoms with Gasteiger partial charge in [0.25, 0.3) is 0 Å². The largest absolute Gasteiger partial charge is 0.496 e. The smallest absolute Gasteiger partial charge is 0.337 e. The molecule has 2 rings (SSSR count). The van der Waals surface area contributed by atoms with Crippen LogP contribution in [0.4, 0.5) is 0 Å². The van der Waals surface area contributed by atoms with Crippen LogP contribution in [-0.2, 0) is 0 Å². The molecule has 0 aliphatic carbocycles. The number of aromatic amines is 1. The van der Waals surface area contributed by atoms with Gasteiger partial charge in [-0.3, -0.25) is 4.79 Å². The predicted molar refractivity (Wildman–Crippen MR) is 57.2 cm³/mol. The Bertz CT molecular complexity index is 571. The molecule has 1 heterocycles. The van der Waals surface area contributed by atoms with E-state index < -0.39 is 5.97 Å². The van der Waals surface area contributed by atoms with Crippen LogP contribution in [-0.4, -0.2) is 29.5 Å². The molecule has 0 bridgehead atoms. The van der Waals surface area contributed by atoms with Gasteiger partial charge >= 0.3 is 5.97 Å². The minimum atomic E-state index is -1.02. The Labute approximate surface area is 90.6 Å². The van der Waals surface area contributed by atoms with E-state index >= 15 is 0 Å². The molecule has 82 valence electrons. The van der Waals surface area contributed by atoms with E-state index in [1.54, 1.807) is 12.1 Å². The molecule has 1 aromatic heterocycles. The zero-order valence-electron chi connectivity index (χ0n) is 8.48. The normalized spacial score (nSPS) is 10.3. The number of benzene rings is 1. The molecular weight excluding hydrogens is 210 g/mol. The topological polar surface area (TPSA) is 79.4 Å². The van der Waals surface area contributed by atoms with Crippen molar-refractivity contribution in [2.75, 3.05) is 7.11 Å². The summed E-state index contributed by atoms with van der Waals surface area (Å²) in [6.45, 7) is 0. The van der Waals surface area contributed by atoms with Crippen LogP contribution in [0.1, 0.15) is 20.7 Å². The number of nitrogens with one attached hydrogen (secondary N) is 1. The number of aromatic carboxylic acids is 1. The summed E-state index contributed by atoms with van der Waals surface area (Å²) in [7, 11) is 1.43. The van der Waals surface area contributed by atoms with Crippen LogP contribution in [0.2, 0.25) is 0 Å². The molecule has 0 radical (unpaired) electrons. The van der Waals surface area contributed by atoms with Crippen LogP contribution in [0.15, 0.2) is 18.3 Å². The van der Waals surface area contributed by atoms with E-state index in [2.05, 4.69) is 4.98 Å². The summed E-state index contributed by atoms with van der Waals surface area (Å²) < 4.78 is 5.01. The predicted octanol–water partition coefficient (Wildman–Crippen LogP) is 1.69. The average Bonchev–Trinajstić information content (AvgIpc) is 2.69. The first-order valence-corrected chi connectivity index (χ1v) is 4.55. The Balaban J connectivity index is 2.76. The maximum atomic E-state index is 10.9. The van der Waals surface area contributed by atoms with Gasteiger partial charge in [0.15, 0.2) is 6.29 Å². The number of carbonyl (C=O) groups excluding carboxylic acids is 1. The van der Waals surface area contributed by atoms with Gasteiger partial charge in [0.1, 0.15) is 5.75 Å². The molecule has 5 nitrogen and oxygen atoms in total. The fraction of sp³-hybridized carbons (Fsp3) is 0.0909. The van der Waals surface area contributed by atoms with E-state index in [-0.39, 0.29) is 5.56 Å². The van der Waals surface area contributed by atoms with E-state index in [9.17, 15) is 9.59 Å². The van der Waals surface area contributed by atoms with Crippen molar-refractivity contribution in [3.8, 4) is 5.75 Å². The van der Waals surface area contributed by atoms with Crippen molar-refractivity contribution in [3.63, 3.8) is 0 Å². The second-order valence-electron chi connectivity index (χ2n) is 3.27. The monoisotopic (exact) mass is 219 g/mol. The van der Waals surface area contributed by atoms with Gasteiger partial charge in [0.2, 0.25) is 0 Å². The zero-order valence-corrected chi connectivity index (χ0v) is 8.48. The third-order valence-corrected chi connectivity index (χ3v) is 2.39. The van der Waals surface area contributed by atoms with Gasteiger partial charge in [-0.05, 0) is 12.1 Å². The molecule has 0 fully saturated rings. The first-order valence-electron chi connectivity index (χ1n) is 4.55. The Morgan fingerprint density at radius 3 is 2.81 bits per heavy atom. The zero-order chi connectivity index (χ0) is 11.7. The highest BCUT2D eigenvalue weighted by atomic mass is 16.5. The quantitative estimate of drug-likeness (QED) is 0.770. The Morgan fingerprint density at radius 1 is 1.50 bits per heavy atom. The lowest BCUT2D eigenvalue weighted by Crippen LogP contribution is -1.95. The average molecular weight is 219 g/mol. The highest BCUT2D eigenvalue weighted by Crippen LogP contribution is 2.26. The number of aromatic nitrogens is 1. The lowest BCUT2D eigenvalue weighted by Gasteiger charge is -2.03. The summed E-state index contributed by atoms with van der Waals surface area (Å²) in [6, 6.07) is 3.10. The van der Waals surface area contributed by atoms with Crippen molar-refractivity contribution in [2.45, 2.75) is 0 Å². The number of rotatable bonds is 3. The van der Waals surface area contributed by atoms with Crippen molar-refractivity contribution in [3.05, 3.63) is 29.5 Å². The summed E-state index contributed by atoms with van der Waals surface area (Å²) in [6.07, 6.45) is 2.06. The number of H-pyrrole nitrogens is 1. The molecular formula is C11H9NO4. The molecule has 0 saturated carbocycles. The number of carboxylic acids is 1. The van der Waals surface area contributed by atoms with Gasteiger partial charge in [-0.25, -0.2) is 4.79 Å². The van der Waals surface area contributed by atoms with E-state index in [1.165, 1.54) is 13.3 Å². The summed E-state index contributed by atoms with van der Waals surface area (Å²) >= 11 is 0. The van der Waals surface area contributed by atoms with Gasteiger partial charge < -0.3 is 14.8 Å². The summed E-state index contributed by atoms with van der Waals surface area (Å²) in [5.41, 5.74) is 1.14. The second kappa shape index (κ2) is 3.69. The van der Waals surface area contributed by atoms with Crippen LogP contribution in [0.3, 0.4) is 0 Å². The van der Waals surface area contributed by atoms with E-state index in [4.69, 9.17) is 9.84 Å². The number of carboxylic acid groups (broad SMARTS) is 1. The standard InChI is InChI=1S/C11H9NO4/c1-16-10-3-7-8(11(14)15)4-12-9(7)2-6(10)5-13/h2-5,12H,1H3,(H,14,15). The van der Waals surface area contributed by atoms with Crippen LogP contribution >= 0.6 is 0 Å². The fourth-order valence-electron chi connectivity index (χ4n) is 1.61. The van der Waals surface area contributed by atoms with Crippen molar-refractivity contribution < 1.29 is 19.4 Å². The number of fused-ring (bicyclic) bond motifs is 1. The molecule has 5 heteroatoms. The van der Waals surface area contributed by atoms with E-state index in [1.807, 2.05) is 0 Å². The Morgan fingerprint density at radius 2 is 2.25 bits per heavy atom. The van der Waals surface area contributed by atoms with Crippen LogP contribution in [0.25, 0.3) is 10.9 Å². The molecule has 1 aromatic carbocycles. The van der Waals surface area contributed by atoms with Crippen LogP contribution in [0.5, 0.6) is 5.75 Å². The summed E-state index contributed by atoms with van der Waals surface area (Å²) in [5.74, 6) is -0.656. The van der Waals surface area contributed by atoms with Crippen LogP contribution < -0.4 is 4.74 Å². The second-order valence-corrected chi connectivity index (χ2v) is 3.27. The van der Waals surface area contributed by atoms with Gasteiger partial charge in [0, 0.05) is 17.1 Å². The molecule has 0 saturated heterocycles. The number of methoxy groups -OCH3 is 1. The third-order valence-electron chi connectivity index (χ3n) is 2.39. The van der Waals surface area contributed by atoms with Crippen LogP contribution in [0, 0.1) is 0 Å². The number of aldehydes is 1. The molecule has 0 spiro atoms. The molecule has 0 unspecified atom stereocenters. The first kappa shape index (κ1) is 10.2. The summed E-state index contributed by atoms with van der Waals surface area (Å²) in [4.78, 5) is 24.5. The lowest BCUT2D eigenvalue weighted by molar-refractivity contribution is 0.0699. The molecule has 16 heavy (non-hydrogen) atoms. The van der Waals surface area contributed by atoms with Crippen molar-refractivity contribution in [2.24, 2.45) is 0 Å². The van der Waals surface area contributed by atoms with Gasteiger partial charge in [-0.15, -0.1) is 0 Å². The molecule has 2 N–H and O–H groups in total. The molecule has 0 aliphatic heterocycles. The molecule has 0 amide bonds. The van der Waals surface area contributed by atoms with Crippen molar-refractivity contribution in [1.29, 1.82) is 0 Å². The number of carbonyl (C=O) groups is 2. The summed E-state index contributed by atoms with van der Waals surface area (Å²) in [5, 5.41) is 9.45. The lowest BCUT2D eigenvalue weighted by atomic mass is 10.1. The molecule has 0 atom stereocenters. The first-order chi connectivity index (χ1) is 7.67. The number of hydrogen-bond acceptors (Lipinski definition) is 3. The molecule has 0 aliphatic rings. The molecule has 2 aromatic rings.